The second kappa shape index (κ2) is 4.88. The fourth-order valence-corrected chi connectivity index (χ4v) is 2.45. The molecular weight excluding hydrogens is 212 g/mol. The number of aryl methyl sites for hydroxylation is 2. The number of benzene rings is 1. The van der Waals surface area contributed by atoms with Crippen LogP contribution in [0.4, 0.5) is 0 Å². The van der Waals surface area contributed by atoms with E-state index in [2.05, 4.69) is 5.32 Å². The molecule has 2 rings (SSSR count). The number of carbonyl (C=O) groups is 1. The molecule has 0 saturated heterocycles. The summed E-state index contributed by atoms with van der Waals surface area (Å²) >= 11 is 0. The van der Waals surface area contributed by atoms with Crippen LogP contribution in [0.3, 0.4) is 0 Å². The molecule has 0 radical (unpaired) electrons. The van der Waals surface area contributed by atoms with E-state index in [1.165, 1.54) is 0 Å². The highest BCUT2D eigenvalue weighted by Crippen LogP contribution is 2.24. The fraction of sp³-hybridized carbons (Fsp3) is 0.500. The van der Waals surface area contributed by atoms with Crippen molar-refractivity contribution in [1.29, 1.82) is 0 Å². The summed E-state index contributed by atoms with van der Waals surface area (Å²) in [5.74, 6) is 0.611. The predicted molar refractivity (Wildman–Crippen MR) is 68.9 cm³/mol. The monoisotopic (exact) mass is 232 g/mol. The number of nitrogens with one attached hydrogen (secondary N) is 1. The summed E-state index contributed by atoms with van der Waals surface area (Å²) in [7, 11) is 0. The van der Waals surface area contributed by atoms with Crippen molar-refractivity contribution < 1.29 is 4.79 Å². The highest BCUT2D eigenvalue weighted by Gasteiger charge is 2.26. The zero-order chi connectivity index (χ0) is 12.4. The molecule has 1 aromatic carbocycles. The molecule has 1 amide bonds. The molecule has 1 fully saturated rings. The largest absolute Gasteiger partial charge is 0.352 e. The van der Waals surface area contributed by atoms with Gasteiger partial charge in [-0.2, -0.15) is 0 Å². The van der Waals surface area contributed by atoms with E-state index in [4.69, 9.17) is 5.73 Å². The lowest BCUT2D eigenvalue weighted by atomic mass is 9.81. The fourth-order valence-electron chi connectivity index (χ4n) is 2.45. The maximum Gasteiger partial charge on any atom is 0.251 e. The van der Waals surface area contributed by atoms with E-state index >= 15 is 0 Å². The van der Waals surface area contributed by atoms with Gasteiger partial charge in [-0.15, -0.1) is 0 Å². The van der Waals surface area contributed by atoms with E-state index < -0.39 is 0 Å². The van der Waals surface area contributed by atoms with Crippen LogP contribution < -0.4 is 11.1 Å². The van der Waals surface area contributed by atoms with Gasteiger partial charge in [0.05, 0.1) is 0 Å². The van der Waals surface area contributed by atoms with Crippen molar-refractivity contribution in [1.82, 2.24) is 5.32 Å². The normalized spacial score (nSPS) is 23.0. The first kappa shape index (κ1) is 12.1. The van der Waals surface area contributed by atoms with Crippen molar-refractivity contribution >= 4 is 5.91 Å². The Morgan fingerprint density at radius 1 is 1.35 bits per heavy atom. The van der Waals surface area contributed by atoms with E-state index in [1.54, 1.807) is 0 Å². The Balaban J connectivity index is 1.95. The van der Waals surface area contributed by atoms with Gasteiger partial charge in [0.1, 0.15) is 0 Å². The average Bonchev–Trinajstić information content (AvgIpc) is 2.22. The van der Waals surface area contributed by atoms with Crippen molar-refractivity contribution in [2.45, 2.75) is 32.7 Å². The van der Waals surface area contributed by atoms with Crippen molar-refractivity contribution in [3.63, 3.8) is 0 Å². The maximum atomic E-state index is 12.1. The molecule has 0 heterocycles. The third-order valence-electron chi connectivity index (χ3n) is 3.53. The van der Waals surface area contributed by atoms with Crippen LogP contribution in [0.1, 0.15) is 34.3 Å². The van der Waals surface area contributed by atoms with Crippen LogP contribution in [0.25, 0.3) is 0 Å². The van der Waals surface area contributed by atoms with Gasteiger partial charge in [-0.1, -0.05) is 18.2 Å². The van der Waals surface area contributed by atoms with Gasteiger partial charge >= 0.3 is 0 Å². The molecule has 0 aromatic heterocycles. The third kappa shape index (κ3) is 2.67. The Hall–Kier alpha value is -1.35. The molecule has 1 aromatic rings. The zero-order valence-electron chi connectivity index (χ0n) is 10.5. The van der Waals surface area contributed by atoms with Gasteiger partial charge in [-0.25, -0.2) is 0 Å². The second-order valence-corrected chi connectivity index (χ2v) is 5.07. The smallest absolute Gasteiger partial charge is 0.251 e. The van der Waals surface area contributed by atoms with Gasteiger partial charge in [0.2, 0.25) is 0 Å². The van der Waals surface area contributed by atoms with Crippen LogP contribution >= 0.6 is 0 Å². The minimum atomic E-state index is 0.0427. The molecule has 3 N–H and O–H groups in total. The molecule has 0 atom stereocenters. The maximum absolute atomic E-state index is 12.1. The molecule has 1 aliphatic rings. The summed E-state index contributed by atoms with van der Waals surface area (Å²) in [4.78, 5) is 12.1. The Morgan fingerprint density at radius 3 is 2.47 bits per heavy atom. The van der Waals surface area contributed by atoms with Gasteiger partial charge < -0.3 is 11.1 Å². The number of hydrogen-bond donors (Lipinski definition) is 2. The Labute approximate surface area is 102 Å². The van der Waals surface area contributed by atoms with Crippen LogP contribution in [-0.2, 0) is 0 Å². The molecule has 3 heteroatoms. The first-order chi connectivity index (χ1) is 8.08. The first-order valence-corrected chi connectivity index (χ1v) is 6.18. The molecular formula is C14H20N2O. The zero-order valence-corrected chi connectivity index (χ0v) is 10.5. The van der Waals surface area contributed by atoms with E-state index in [0.29, 0.717) is 12.0 Å². The van der Waals surface area contributed by atoms with Gasteiger partial charge in [-0.3, -0.25) is 4.79 Å². The van der Waals surface area contributed by atoms with Crippen LogP contribution in [0.15, 0.2) is 18.2 Å². The van der Waals surface area contributed by atoms with Crippen molar-refractivity contribution in [2.75, 3.05) is 6.54 Å². The number of hydrogen-bond acceptors (Lipinski definition) is 2. The molecule has 17 heavy (non-hydrogen) atoms. The average molecular weight is 232 g/mol. The quantitative estimate of drug-likeness (QED) is 0.834. The molecule has 0 unspecified atom stereocenters. The summed E-state index contributed by atoms with van der Waals surface area (Å²) in [6.07, 6.45) is 2.07. The minimum absolute atomic E-state index is 0.0427. The lowest BCUT2D eigenvalue weighted by Gasteiger charge is -2.32. The molecule has 1 saturated carbocycles. The van der Waals surface area contributed by atoms with Gasteiger partial charge in [0, 0.05) is 18.2 Å². The van der Waals surface area contributed by atoms with Crippen LogP contribution in [0, 0.1) is 19.8 Å². The van der Waals surface area contributed by atoms with Crippen LogP contribution in [0.2, 0.25) is 0 Å². The highest BCUT2D eigenvalue weighted by atomic mass is 16.1. The number of amides is 1. The Kier molecular flexibility index (Phi) is 3.48. The van der Waals surface area contributed by atoms with Crippen LogP contribution in [-0.4, -0.2) is 18.5 Å². The lowest BCUT2D eigenvalue weighted by molar-refractivity contribution is 0.0934. The molecule has 92 valence electrons. The Bertz CT molecular complexity index is 402. The molecule has 1 aliphatic carbocycles. The summed E-state index contributed by atoms with van der Waals surface area (Å²) in [5, 5.41) is 3.01. The van der Waals surface area contributed by atoms with E-state index in [1.807, 2.05) is 32.0 Å². The van der Waals surface area contributed by atoms with Crippen molar-refractivity contribution in [3.8, 4) is 0 Å². The Morgan fingerprint density at radius 2 is 1.94 bits per heavy atom. The van der Waals surface area contributed by atoms with Crippen molar-refractivity contribution in [3.05, 3.63) is 34.9 Å². The summed E-state index contributed by atoms with van der Waals surface area (Å²) in [6.45, 7) is 4.70. The summed E-state index contributed by atoms with van der Waals surface area (Å²) in [6, 6.07) is 6.27. The SMILES string of the molecule is Cc1cccc(C)c1C(=O)NCC1CC(N)C1. The number of carbonyl (C=O) groups excluding carboxylic acids is 1. The molecule has 0 bridgehead atoms. The summed E-state index contributed by atoms with van der Waals surface area (Å²) in [5.41, 5.74) is 8.61. The standard InChI is InChI=1S/C14H20N2O/c1-9-4-3-5-10(2)13(9)14(17)16-8-11-6-12(15)7-11/h3-5,11-12H,6-8,15H2,1-2H3,(H,16,17). The lowest BCUT2D eigenvalue weighted by Crippen LogP contribution is -2.42. The van der Waals surface area contributed by atoms with Crippen LogP contribution in [0.5, 0.6) is 0 Å². The molecule has 0 spiro atoms. The van der Waals surface area contributed by atoms with Gasteiger partial charge in [0.25, 0.3) is 5.91 Å². The van der Waals surface area contributed by atoms with E-state index in [0.717, 1.165) is 36.1 Å². The number of rotatable bonds is 3. The van der Waals surface area contributed by atoms with E-state index in [9.17, 15) is 4.79 Å². The van der Waals surface area contributed by atoms with Gasteiger partial charge in [0.15, 0.2) is 0 Å². The second-order valence-electron chi connectivity index (χ2n) is 5.07. The predicted octanol–water partition coefficient (Wildman–Crippen LogP) is 1.77. The van der Waals surface area contributed by atoms with Crippen molar-refractivity contribution in [2.24, 2.45) is 11.7 Å². The minimum Gasteiger partial charge on any atom is -0.352 e. The highest BCUT2D eigenvalue weighted by molar-refractivity contribution is 5.97. The van der Waals surface area contributed by atoms with Gasteiger partial charge in [-0.05, 0) is 43.7 Å². The summed E-state index contributed by atoms with van der Waals surface area (Å²) < 4.78 is 0. The third-order valence-corrected chi connectivity index (χ3v) is 3.53. The number of nitrogens with two attached hydrogens (primary N) is 1. The molecule has 0 aliphatic heterocycles. The topological polar surface area (TPSA) is 55.1 Å². The van der Waals surface area contributed by atoms with E-state index in [-0.39, 0.29) is 5.91 Å². The first-order valence-electron chi connectivity index (χ1n) is 6.18. The molecule has 3 nitrogen and oxygen atoms in total.